The number of nitrogens with one attached hydrogen (secondary N) is 2. The van der Waals surface area contributed by atoms with Gasteiger partial charge in [0.25, 0.3) is 5.91 Å². The van der Waals surface area contributed by atoms with Crippen molar-refractivity contribution in [3.63, 3.8) is 0 Å². The molecule has 2 amide bonds. The molecule has 0 saturated carbocycles. The number of aromatic amines is 1. The van der Waals surface area contributed by atoms with E-state index in [1.54, 1.807) is 18.2 Å². The number of esters is 1. The largest absolute Gasteiger partial charge is 0.492 e. The lowest BCUT2D eigenvalue weighted by molar-refractivity contribution is -0.211. The van der Waals surface area contributed by atoms with Crippen molar-refractivity contribution in [2.24, 2.45) is 0 Å². The number of fused-ring (bicyclic) bond motifs is 2. The number of aromatic nitrogens is 2. The fourth-order valence-electron chi connectivity index (χ4n) is 4.72. The number of ether oxygens (including phenoxy) is 2. The Morgan fingerprint density at radius 2 is 1.86 bits per heavy atom. The Labute approximate surface area is 236 Å². The summed E-state index contributed by atoms with van der Waals surface area (Å²) in [6.45, 7) is 0.871. The zero-order valence-electron chi connectivity index (χ0n) is 22.2. The van der Waals surface area contributed by atoms with Crippen molar-refractivity contribution >= 4 is 40.6 Å². The SMILES string of the molecule is CN(C)CCOc1cccc(N2C(=O)c3ccccc3C2(OC(=O)C(F)(F)F)c2ccc3nc(NC(=O)O)[nH]c3c2)c1. The number of halogens is 3. The summed E-state index contributed by atoms with van der Waals surface area (Å²) in [7, 11) is 3.72. The number of rotatable bonds is 8. The summed E-state index contributed by atoms with van der Waals surface area (Å²) in [6, 6.07) is 16.1. The Morgan fingerprint density at radius 1 is 1.10 bits per heavy atom. The molecule has 1 aliphatic rings. The second kappa shape index (κ2) is 10.7. The van der Waals surface area contributed by atoms with Crippen LogP contribution in [0.3, 0.4) is 0 Å². The third kappa shape index (κ3) is 5.19. The highest BCUT2D eigenvalue weighted by Gasteiger charge is 2.58. The van der Waals surface area contributed by atoms with Crippen LogP contribution in [0.25, 0.3) is 11.0 Å². The molecule has 0 aliphatic carbocycles. The summed E-state index contributed by atoms with van der Waals surface area (Å²) in [5.74, 6) is -3.04. The van der Waals surface area contributed by atoms with E-state index in [9.17, 15) is 27.6 Å². The quantitative estimate of drug-likeness (QED) is 0.257. The highest BCUT2D eigenvalue weighted by molar-refractivity contribution is 6.13. The summed E-state index contributed by atoms with van der Waals surface area (Å²) in [5.41, 5.74) is -1.86. The maximum absolute atomic E-state index is 13.9. The number of hydrogen-bond acceptors (Lipinski definition) is 7. The van der Waals surface area contributed by atoms with Crippen LogP contribution in [-0.4, -0.2) is 71.4 Å². The minimum absolute atomic E-state index is 0.00530. The zero-order chi connectivity index (χ0) is 30.2. The first-order valence-electron chi connectivity index (χ1n) is 12.5. The van der Waals surface area contributed by atoms with Gasteiger partial charge in [0, 0.05) is 29.3 Å². The van der Waals surface area contributed by atoms with Crippen LogP contribution in [0.2, 0.25) is 0 Å². The van der Waals surface area contributed by atoms with Crippen molar-refractivity contribution in [1.82, 2.24) is 14.9 Å². The number of imidazole rings is 1. The van der Waals surface area contributed by atoms with Crippen LogP contribution in [0.1, 0.15) is 21.5 Å². The lowest BCUT2D eigenvalue weighted by atomic mass is 9.92. The molecule has 5 rings (SSSR count). The number of amides is 2. The van der Waals surface area contributed by atoms with Gasteiger partial charge in [0.15, 0.2) is 0 Å². The number of likely N-dealkylation sites (N-methyl/N-ethyl adjacent to an activating group) is 1. The molecular formula is C28H24F3N5O6. The molecule has 3 N–H and O–H groups in total. The van der Waals surface area contributed by atoms with E-state index in [1.807, 2.05) is 19.0 Å². The van der Waals surface area contributed by atoms with Crippen LogP contribution in [0.5, 0.6) is 5.75 Å². The van der Waals surface area contributed by atoms with Crippen LogP contribution in [0, 0.1) is 0 Å². The highest BCUT2D eigenvalue weighted by Crippen LogP contribution is 2.49. The monoisotopic (exact) mass is 583 g/mol. The van der Waals surface area contributed by atoms with E-state index >= 15 is 0 Å². The number of anilines is 2. The zero-order valence-corrected chi connectivity index (χ0v) is 22.2. The van der Waals surface area contributed by atoms with Crippen LogP contribution in [0.15, 0.2) is 66.7 Å². The molecule has 1 aliphatic heterocycles. The third-order valence-electron chi connectivity index (χ3n) is 6.49. The van der Waals surface area contributed by atoms with Gasteiger partial charge >= 0.3 is 18.2 Å². The van der Waals surface area contributed by atoms with Crippen molar-refractivity contribution in [1.29, 1.82) is 0 Å². The first kappa shape index (κ1) is 28.4. The van der Waals surface area contributed by atoms with Crippen LogP contribution in [-0.2, 0) is 15.3 Å². The number of nitrogens with zero attached hydrogens (tertiary/aromatic N) is 3. The van der Waals surface area contributed by atoms with Crippen LogP contribution >= 0.6 is 0 Å². The second-order valence-corrected chi connectivity index (χ2v) is 9.61. The number of carbonyl (C=O) groups excluding carboxylic acids is 2. The first-order chi connectivity index (χ1) is 19.9. The van der Waals surface area contributed by atoms with Crippen molar-refractivity contribution in [2.45, 2.75) is 11.9 Å². The van der Waals surface area contributed by atoms with E-state index in [0.717, 1.165) is 4.90 Å². The van der Waals surface area contributed by atoms with Gasteiger partial charge in [-0.3, -0.25) is 15.0 Å². The van der Waals surface area contributed by atoms with Gasteiger partial charge in [-0.05, 0) is 44.4 Å². The molecule has 0 fully saturated rings. The second-order valence-electron chi connectivity index (χ2n) is 9.61. The molecule has 11 nitrogen and oxygen atoms in total. The smallest absolute Gasteiger partial charge is 0.491 e. The molecule has 42 heavy (non-hydrogen) atoms. The summed E-state index contributed by atoms with van der Waals surface area (Å²) < 4.78 is 52.4. The van der Waals surface area contributed by atoms with Gasteiger partial charge in [-0.2, -0.15) is 13.2 Å². The average molecular weight is 584 g/mol. The van der Waals surface area contributed by atoms with Gasteiger partial charge in [0.05, 0.1) is 16.7 Å². The van der Waals surface area contributed by atoms with Gasteiger partial charge in [-0.25, -0.2) is 14.6 Å². The Bertz CT molecular complexity index is 1690. The highest BCUT2D eigenvalue weighted by atomic mass is 19.4. The van der Waals surface area contributed by atoms with Gasteiger partial charge in [-0.15, -0.1) is 0 Å². The van der Waals surface area contributed by atoms with Gasteiger partial charge in [0.1, 0.15) is 12.4 Å². The molecular weight excluding hydrogens is 559 g/mol. The molecule has 1 aromatic heterocycles. The third-order valence-corrected chi connectivity index (χ3v) is 6.49. The van der Waals surface area contributed by atoms with Gasteiger partial charge in [-0.1, -0.05) is 30.3 Å². The minimum atomic E-state index is -5.40. The fourth-order valence-corrected chi connectivity index (χ4v) is 4.72. The number of H-pyrrole nitrogens is 1. The Morgan fingerprint density at radius 3 is 2.57 bits per heavy atom. The molecule has 0 spiro atoms. The molecule has 14 heteroatoms. The molecule has 0 saturated heterocycles. The summed E-state index contributed by atoms with van der Waals surface area (Å²) >= 11 is 0. The molecule has 1 unspecified atom stereocenters. The topological polar surface area (TPSA) is 137 Å². The summed E-state index contributed by atoms with van der Waals surface area (Å²) in [4.78, 5) is 47.3. The molecule has 3 aromatic carbocycles. The fraction of sp³-hybridized carbons (Fsp3) is 0.214. The number of carboxylic acid groups (broad SMARTS) is 1. The van der Waals surface area contributed by atoms with E-state index in [-0.39, 0.29) is 39.4 Å². The summed E-state index contributed by atoms with van der Waals surface area (Å²) in [6.07, 6.45) is -6.79. The summed E-state index contributed by atoms with van der Waals surface area (Å²) in [5, 5.41) is 11.1. The number of benzene rings is 3. The lowest BCUT2D eigenvalue weighted by Gasteiger charge is -2.39. The molecule has 0 radical (unpaired) electrons. The molecule has 1 atom stereocenters. The minimum Gasteiger partial charge on any atom is -0.492 e. The first-order valence-corrected chi connectivity index (χ1v) is 12.5. The Hall–Kier alpha value is -5.11. The molecule has 218 valence electrons. The molecule has 4 aromatic rings. The van der Waals surface area contributed by atoms with Gasteiger partial charge < -0.3 is 24.5 Å². The number of alkyl halides is 3. The average Bonchev–Trinajstić information content (AvgIpc) is 3.43. The lowest BCUT2D eigenvalue weighted by Crippen LogP contribution is -2.50. The van der Waals surface area contributed by atoms with Crippen LogP contribution in [0.4, 0.5) is 29.6 Å². The Kier molecular flexibility index (Phi) is 7.24. The van der Waals surface area contributed by atoms with E-state index in [0.29, 0.717) is 18.9 Å². The standard InChI is InChI=1S/C28H24F3N5O6/c1-35(2)12-13-41-18-7-5-6-17(15-18)36-23(37)19-8-3-4-9-20(19)27(36,42-24(38)28(29,30)31)16-10-11-21-22(14-16)33-25(32-21)34-26(39)40/h3-11,14-15H,12-13H2,1-2H3,(H,39,40)(H2,32,33,34). The molecule has 2 heterocycles. The van der Waals surface area contributed by atoms with E-state index < -0.39 is 29.9 Å². The van der Waals surface area contributed by atoms with E-state index in [2.05, 4.69) is 15.3 Å². The van der Waals surface area contributed by atoms with Crippen LogP contribution < -0.4 is 15.0 Å². The predicted octanol–water partition coefficient (Wildman–Crippen LogP) is 4.56. The van der Waals surface area contributed by atoms with Crippen molar-refractivity contribution < 1.29 is 42.1 Å². The van der Waals surface area contributed by atoms with E-state index in [1.165, 1.54) is 48.5 Å². The Balaban J connectivity index is 1.72. The number of hydrogen-bond donors (Lipinski definition) is 3. The van der Waals surface area contributed by atoms with E-state index in [4.69, 9.17) is 14.6 Å². The van der Waals surface area contributed by atoms with Crippen molar-refractivity contribution in [3.8, 4) is 5.75 Å². The number of carbonyl (C=O) groups is 3. The van der Waals surface area contributed by atoms with Crippen molar-refractivity contribution in [2.75, 3.05) is 37.5 Å². The molecule has 0 bridgehead atoms. The predicted molar refractivity (Wildman–Crippen MR) is 144 cm³/mol. The maximum Gasteiger partial charge on any atom is 0.491 e. The van der Waals surface area contributed by atoms with Gasteiger partial charge in [0.2, 0.25) is 11.7 Å². The van der Waals surface area contributed by atoms with Crippen molar-refractivity contribution in [3.05, 3.63) is 83.4 Å². The maximum atomic E-state index is 13.9. The normalized spacial score (nSPS) is 16.5.